The number of hydrogen-bond acceptors (Lipinski definition) is 3. The molecule has 0 saturated carbocycles. The van der Waals surface area contributed by atoms with E-state index in [1.54, 1.807) is 18.2 Å². The summed E-state index contributed by atoms with van der Waals surface area (Å²) in [5.41, 5.74) is 0.538. The number of aryl methyl sites for hydroxylation is 1. The van der Waals surface area contributed by atoms with E-state index in [-0.39, 0.29) is 11.3 Å². The highest BCUT2D eigenvalue weighted by atomic mass is 32.1. The normalized spacial score (nSPS) is 10.2. The minimum absolute atomic E-state index is 0.129. The summed E-state index contributed by atoms with van der Waals surface area (Å²) in [6.45, 7) is 1.93. The van der Waals surface area contributed by atoms with E-state index in [1.807, 2.05) is 13.0 Å². The van der Waals surface area contributed by atoms with E-state index in [2.05, 4.69) is 0 Å². The Labute approximate surface area is 102 Å². The van der Waals surface area contributed by atoms with Crippen molar-refractivity contribution in [2.75, 3.05) is 0 Å². The van der Waals surface area contributed by atoms with Gasteiger partial charge in [0.05, 0.1) is 10.4 Å². The Kier molecular flexibility index (Phi) is 3.06. The van der Waals surface area contributed by atoms with Gasteiger partial charge in [-0.05, 0) is 31.2 Å². The Hall–Kier alpha value is -1.94. The smallest absolute Gasteiger partial charge is 0.335 e. The molecule has 0 aliphatic heterocycles. The predicted molar refractivity (Wildman–Crippen MR) is 65.9 cm³/mol. The molecule has 0 unspecified atom stereocenters. The Morgan fingerprint density at radius 1 is 1.12 bits per heavy atom. The number of hydrogen-bond donors (Lipinski definition) is 1. The summed E-state index contributed by atoms with van der Waals surface area (Å²) >= 11 is 1.41. The van der Waals surface area contributed by atoms with Crippen molar-refractivity contribution in [3.8, 4) is 0 Å². The van der Waals surface area contributed by atoms with Gasteiger partial charge in [-0.1, -0.05) is 12.1 Å². The van der Waals surface area contributed by atoms with Gasteiger partial charge >= 0.3 is 5.97 Å². The molecule has 0 saturated heterocycles. The van der Waals surface area contributed by atoms with Crippen molar-refractivity contribution < 1.29 is 14.7 Å². The molecule has 86 valence electrons. The summed E-state index contributed by atoms with van der Waals surface area (Å²) in [7, 11) is 0. The number of aromatic carboxylic acids is 1. The lowest BCUT2D eigenvalue weighted by Gasteiger charge is -1.99. The SMILES string of the molecule is Cc1ccc(C(=O)c2cccc(C(=O)O)c2)s1. The van der Waals surface area contributed by atoms with Gasteiger partial charge < -0.3 is 5.11 Å². The number of rotatable bonds is 3. The van der Waals surface area contributed by atoms with Crippen LogP contribution in [0, 0.1) is 6.92 Å². The molecule has 0 spiro atoms. The molecule has 4 heteroatoms. The molecule has 0 atom stereocenters. The number of thiophene rings is 1. The largest absolute Gasteiger partial charge is 0.478 e. The molecule has 2 rings (SSSR count). The van der Waals surface area contributed by atoms with Gasteiger partial charge in [0.1, 0.15) is 0 Å². The molecule has 3 nitrogen and oxygen atoms in total. The van der Waals surface area contributed by atoms with Crippen molar-refractivity contribution in [2.45, 2.75) is 6.92 Å². The molecule has 1 aromatic heterocycles. The average Bonchev–Trinajstić information content (AvgIpc) is 2.75. The highest BCUT2D eigenvalue weighted by Gasteiger charge is 2.13. The minimum Gasteiger partial charge on any atom is -0.478 e. The number of carbonyl (C=O) groups excluding carboxylic acids is 1. The number of carbonyl (C=O) groups is 2. The lowest BCUT2D eigenvalue weighted by molar-refractivity contribution is 0.0697. The fourth-order valence-electron chi connectivity index (χ4n) is 1.49. The van der Waals surface area contributed by atoms with Crippen LogP contribution in [0.25, 0.3) is 0 Å². The first-order chi connectivity index (χ1) is 8.08. The molecule has 1 N–H and O–H groups in total. The molecule has 0 fully saturated rings. The maximum atomic E-state index is 12.1. The van der Waals surface area contributed by atoms with E-state index in [9.17, 15) is 9.59 Å². The summed E-state index contributed by atoms with van der Waals surface area (Å²) in [6, 6.07) is 9.72. The zero-order chi connectivity index (χ0) is 12.4. The summed E-state index contributed by atoms with van der Waals surface area (Å²) in [4.78, 5) is 24.5. The van der Waals surface area contributed by atoms with Crippen LogP contribution in [0.1, 0.15) is 30.5 Å². The highest BCUT2D eigenvalue weighted by Crippen LogP contribution is 2.19. The first-order valence-electron chi connectivity index (χ1n) is 5.02. The van der Waals surface area contributed by atoms with Crippen molar-refractivity contribution in [1.82, 2.24) is 0 Å². The molecule has 0 amide bonds. The second-order valence-corrected chi connectivity index (χ2v) is 4.91. The predicted octanol–water partition coefficient (Wildman–Crippen LogP) is 2.99. The van der Waals surface area contributed by atoms with E-state index >= 15 is 0 Å². The van der Waals surface area contributed by atoms with Crippen LogP contribution in [0.3, 0.4) is 0 Å². The number of carboxylic acid groups (broad SMARTS) is 1. The minimum atomic E-state index is -1.03. The first kappa shape index (κ1) is 11.5. The van der Waals surface area contributed by atoms with E-state index in [0.717, 1.165) is 4.88 Å². The number of ketones is 1. The van der Waals surface area contributed by atoms with Crippen LogP contribution in [-0.2, 0) is 0 Å². The molecule has 0 aliphatic carbocycles. The summed E-state index contributed by atoms with van der Waals surface area (Å²) in [5.74, 6) is -1.16. The topological polar surface area (TPSA) is 54.4 Å². The van der Waals surface area contributed by atoms with Crippen LogP contribution in [0.2, 0.25) is 0 Å². The van der Waals surface area contributed by atoms with Crippen molar-refractivity contribution >= 4 is 23.1 Å². The molecule has 1 aromatic carbocycles. The maximum Gasteiger partial charge on any atom is 0.335 e. The van der Waals surface area contributed by atoms with Crippen molar-refractivity contribution in [3.63, 3.8) is 0 Å². The van der Waals surface area contributed by atoms with Gasteiger partial charge in [-0.15, -0.1) is 11.3 Å². The van der Waals surface area contributed by atoms with E-state index in [1.165, 1.54) is 23.5 Å². The number of carboxylic acids is 1. The summed E-state index contributed by atoms with van der Waals surface area (Å²) in [5, 5.41) is 8.86. The lowest BCUT2D eigenvalue weighted by atomic mass is 10.1. The average molecular weight is 246 g/mol. The van der Waals surface area contributed by atoms with Crippen molar-refractivity contribution in [3.05, 3.63) is 57.3 Å². The molecular formula is C13H10O3S. The van der Waals surface area contributed by atoms with E-state index < -0.39 is 5.97 Å². The van der Waals surface area contributed by atoms with Crippen LogP contribution in [-0.4, -0.2) is 16.9 Å². The molecule has 2 aromatic rings. The standard InChI is InChI=1S/C13H10O3S/c1-8-5-6-11(17-8)12(14)9-3-2-4-10(7-9)13(15)16/h2-7H,1H3,(H,15,16). The van der Waals surface area contributed by atoms with Crippen molar-refractivity contribution in [1.29, 1.82) is 0 Å². The van der Waals surface area contributed by atoms with E-state index in [4.69, 9.17) is 5.11 Å². The third kappa shape index (κ3) is 2.42. The fraction of sp³-hybridized carbons (Fsp3) is 0.0769. The summed E-state index contributed by atoms with van der Waals surface area (Å²) < 4.78 is 0. The first-order valence-corrected chi connectivity index (χ1v) is 5.84. The molecular weight excluding hydrogens is 236 g/mol. The van der Waals surface area contributed by atoms with Gasteiger partial charge in [0, 0.05) is 10.4 Å². The van der Waals surface area contributed by atoms with Gasteiger partial charge in [0.25, 0.3) is 0 Å². The van der Waals surface area contributed by atoms with Crippen LogP contribution in [0.15, 0.2) is 36.4 Å². The number of benzene rings is 1. The van der Waals surface area contributed by atoms with Gasteiger partial charge in [-0.2, -0.15) is 0 Å². The van der Waals surface area contributed by atoms with Crippen LogP contribution in [0.4, 0.5) is 0 Å². The second kappa shape index (κ2) is 4.51. The third-order valence-electron chi connectivity index (χ3n) is 2.34. The Balaban J connectivity index is 2.37. The van der Waals surface area contributed by atoms with Gasteiger partial charge in [-0.25, -0.2) is 4.79 Å². The quantitative estimate of drug-likeness (QED) is 0.847. The molecule has 0 aliphatic rings. The summed E-state index contributed by atoms with van der Waals surface area (Å²) in [6.07, 6.45) is 0. The van der Waals surface area contributed by atoms with Gasteiger partial charge in [0.15, 0.2) is 0 Å². The monoisotopic (exact) mass is 246 g/mol. The van der Waals surface area contributed by atoms with Crippen LogP contribution >= 0.6 is 11.3 Å². The lowest BCUT2D eigenvalue weighted by Crippen LogP contribution is -2.02. The van der Waals surface area contributed by atoms with Crippen LogP contribution in [0.5, 0.6) is 0 Å². The third-order valence-corrected chi connectivity index (χ3v) is 3.34. The van der Waals surface area contributed by atoms with E-state index in [0.29, 0.717) is 10.4 Å². The van der Waals surface area contributed by atoms with Gasteiger partial charge in [0.2, 0.25) is 5.78 Å². The van der Waals surface area contributed by atoms with Crippen LogP contribution < -0.4 is 0 Å². The molecule has 1 heterocycles. The Morgan fingerprint density at radius 3 is 2.41 bits per heavy atom. The fourth-order valence-corrected chi connectivity index (χ4v) is 2.32. The zero-order valence-electron chi connectivity index (χ0n) is 9.14. The second-order valence-electron chi connectivity index (χ2n) is 3.63. The maximum absolute atomic E-state index is 12.1. The van der Waals surface area contributed by atoms with Gasteiger partial charge in [-0.3, -0.25) is 4.79 Å². The molecule has 0 bridgehead atoms. The Bertz CT molecular complexity index is 584. The highest BCUT2D eigenvalue weighted by molar-refractivity contribution is 7.14. The van der Waals surface area contributed by atoms with Crippen molar-refractivity contribution in [2.24, 2.45) is 0 Å². The molecule has 0 radical (unpaired) electrons. The molecule has 17 heavy (non-hydrogen) atoms. The zero-order valence-corrected chi connectivity index (χ0v) is 9.95. The Morgan fingerprint density at radius 2 is 1.82 bits per heavy atom.